The Labute approximate surface area is 214 Å². The monoisotopic (exact) mass is 557 g/mol. The number of nitrogens with zero attached hydrogens (tertiary/aromatic N) is 2. The van der Waals surface area contributed by atoms with Crippen molar-refractivity contribution in [1.82, 2.24) is 10.2 Å². The number of carbonyl (C=O) groups is 2. The lowest BCUT2D eigenvalue weighted by Crippen LogP contribution is -2.50. The molecule has 35 heavy (non-hydrogen) atoms. The van der Waals surface area contributed by atoms with Gasteiger partial charge in [-0.2, -0.15) is 0 Å². The topological polar surface area (TPSA) is 86.8 Å². The maximum Gasteiger partial charge on any atom is 0.264 e. The summed E-state index contributed by atoms with van der Waals surface area (Å²) >= 11 is 3.43. The van der Waals surface area contributed by atoms with Crippen molar-refractivity contribution in [2.75, 3.05) is 17.9 Å². The molecule has 3 aromatic rings. The number of hydrogen-bond acceptors (Lipinski definition) is 4. The van der Waals surface area contributed by atoms with E-state index in [-0.39, 0.29) is 17.3 Å². The predicted molar refractivity (Wildman–Crippen MR) is 140 cm³/mol. The number of hydrogen-bond donors (Lipinski definition) is 1. The molecule has 0 bridgehead atoms. The first-order chi connectivity index (χ1) is 16.6. The summed E-state index contributed by atoms with van der Waals surface area (Å²) in [5, 5.41) is 2.57. The number of sulfonamides is 1. The minimum atomic E-state index is -4.05. The summed E-state index contributed by atoms with van der Waals surface area (Å²) in [7, 11) is -2.55. The zero-order chi connectivity index (χ0) is 25.6. The van der Waals surface area contributed by atoms with E-state index in [1.54, 1.807) is 49.4 Å². The Morgan fingerprint density at radius 2 is 1.63 bits per heavy atom. The molecule has 2 amide bonds. The van der Waals surface area contributed by atoms with Gasteiger partial charge in [-0.3, -0.25) is 13.9 Å². The zero-order valence-electron chi connectivity index (χ0n) is 19.8. The van der Waals surface area contributed by atoms with Gasteiger partial charge in [0.2, 0.25) is 11.8 Å². The summed E-state index contributed by atoms with van der Waals surface area (Å²) in [6.45, 7) is 3.17. The molecule has 7 nitrogen and oxygen atoms in total. The number of aryl methyl sites for hydroxylation is 1. The first-order valence-corrected chi connectivity index (χ1v) is 13.3. The van der Waals surface area contributed by atoms with Crippen LogP contribution in [0.4, 0.5) is 5.69 Å². The number of nitrogens with one attached hydrogen (secondary N) is 1. The van der Waals surface area contributed by atoms with E-state index in [0.29, 0.717) is 5.69 Å². The average Bonchev–Trinajstić information content (AvgIpc) is 2.85. The molecule has 3 rings (SSSR count). The lowest BCUT2D eigenvalue weighted by atomic mass is 10.1. The third-order valence-corrected chi connectivity index (χ3v) is 7.87. The minimum absolute atomic E-state index is 0.0812. The molecule has 0 aromatic heterocycles. The van der Waals surface area contributed by atoms with Crippen LogP contribution in [-0.4, -0.2) is 44.8 Å². The van der Waals surface area contributed by atoms with Crippen LogP contribution < -0.4 is 9.62 Å². The van der Waals surface area contributed by atoms with Gasteiger partial charge in [0, 0.05) is 18.1 Å². The predicted octanol–water partition coefficient (Wildman–Crippen LogP) is 4.12. The Kier molecular flexibility index (Phi) is 8.69. The van der Waals surface area contributed by atoms with Crippen LogP contribution >= 0.6 is 15.9 Å². The number of benzene rings is 3. The number of rotatable bonds is 9. The van der Waals surface area contributed by atoms with E-state index in [1.807, 2.05) is 31.2 Å². The fourth-order valence-electron chi connectivity index (χ4n) is 3.58. The van der Waals surface area contributed by atoms with Gasteiger partial charge in [-0.25, -0.2) is 8.42 Å². The first-order valence-electron chi connectivity index (χ1n) is 11.0. The van der Waals surface area contributed by atoms with E-state index < -0.39 is 28.5 Å². The highest BCUT2D eigenvalue weighted by Gasteiger charge is 2.32. The third-order valence-electron chi connectivity index (χ3n) is 5.59. The molecule has 0 spiro atoms. The van der Waals surface area contributed by atoms with E-state index >= 15 is 0 Å². The molecule has 0 aliphatic carbocycles. The van der Waals surface area contributed by atoms with E-state index in [0.717, 1.165) is 19.9 Å². The molecule has 1 atom stereocenters. The first kappa shape index (κ1) is 26.4. The molecule has 3 aromatic carbocycles. The van der Waals surface area contributed by atoms with Crippen LogP contribution in [-0.2, 0) is 26.2 Å². The fourth-order valence-corrected chi connectivity index (χ4v) is 5.44. The van der Waals surface area contributed by atoms with Gasteiger partial charge in [-0.05, 0) is 55.8 Å². The van der Waals surface area contributed by atoms with Crippen LogP contribution in [0.5, 0.6) is 0 Å². The summed E-state index contributed by atoms with van der Waals surface area (Å²) in [6, 6.07) is 21.5. The second-order valence-corrected chi connectivity index (χ2v) is 10.9. The van der Waals surface area contributed by atoms with Crippen molar-refractivity contribution in [2.45, 2.75) is 31.3 Å². The second-order valence-electron chi connectivity index (χ2n) is 8.10. The van der Waals surface area contributed by atoms with E-state index in [9.17, 15) is 18.0 Å². The van der Waals surface area contributed by atoms with Crippen molar-refractivity contribution in [3.63, 3.8) is 0 Å². The van der Waals surface area contributed by atoms with Gasteiger partial charge in [-0.1, -0.05) is 64.0 Å². The van der Waals surface area contributed by atoms with Gasteiger partial charge in [0.1, 0.15) is 12.6 Å². The Hall–Kier alpha value is -3.17. The Morgan fingerprint density at radius 1 is 0.971 bits per heavy atom. The molecule has 9 heteroatoms. The number of amides is 2. The molecule has 0 saturated carbocycles. The highest BCUT2D eigenvalue weighted by atomic mass is 79.9. The van der Waals surface area contributed by atoms with Crippen LogP contribution in [0, 0.1) is 6.92 Å². The summed E-state index contributed by atoms with van der Waals surface area (Å²) in [5.41, 5.74) is 2.08. The molecule has 0 aliphatic rings. The van der Waals surface area contributed by atoms with Gasteiger partial charge in [0.15, 0.2) is 0 Å². The van der Waals surface area contributed by atoms with Gasteiger partial charge < -0.3 is 10.2 Å². The summed E-state index contributed by atoms with van der Waals surface area (Å²) < 4.78 is 29.2. The van der Waals surface area contributed by atoms with E-state index in [4.69, 9.17) is 0 Å². The maximum absolute atomic E-state index is 13.6. The largest absolute Gasteiger partial charge is 0.357 e. The number of para-hydroxylation sites is 1. The summed E-state index contributed by atoms with van der Waals surface area (Å²) in [5.74, 6) is -0.846. The minimum Gasteiger partial charge on any atom is -0.357 e. The SMILES string of the molecule is CNC(=O)[C@H](C)N(Cc1cccc(Br)c1)C(=O)CN(c1ccccc1)S(=O)(=O)c1ccc(C)cc1. The van der Waals surface area contributed by atoms with Crippen LogP contribution in [0.1, 0.15) is 18.1 Å². The molecule has 184 valence electrons. The summed E-state index contributed by atoms with van der Waals surface area (Å²) in [4.78, 5) is 27.6. The van der Waals surface area contributed by atoms with Crippen LogP contribution in [0.25, 0.3) is 0 Å². The lowest BCUT2D eigenvalue weighted by molar-refractivity contribution is -0.139. The maximum atomic E-state index is 13.6. The Bertz CT molecular complexity index is 1280. The lowest BCUT2D eigenvalue weighted by Gasteiger charge is -2.31. The molecular formula is C26H28BrN3O4S. The third kappa shape index (κ3) is 6.49. The highest BCUT2D eigenvalue weighted by Crippen LogP contribution is 2.25. The molecule has 1 N–H and O–H groups in total. The van der Waals surface area contributed by atoms with Gasteiger partial charge >= 0.3 is 0 Å². The molecule has 0 radical (unpaired) electrons. The van der Waals surface area contributed by atoms with E-state index in [2.05, 4.69) is 21.2 Å². The Balaban J connectivity index is 2.00. The van der Waals surface area contributed by atoms with Crippen molar-refractivity contribution >= 4 is 43.5 Å². The standard InChI is InChI=1S/C26H28BrN3O4S/c1-19-12-14-24(15-13-19)35(33,34)30(23-10-5-4-6-11-23)18-25(31)29(20(2)26(32)28-3)17-21-8-7-9-22(27)16-21/h4-16,20H,17-18H2,1-3H3,(H,28,32)/t20-/m0/s1. The van der Waals surface area contributed by atoms with Gasteiger partial charge in [0.05, 0.1) is 10.6 Å². The molecule has 0 heterocycles. The van der Waals surface area contributed by atoms with Gasteiger partial charge in [-0.15, -0.1) is 0 Å². The second kappa shape index (κ2) is 11.5. The van der Waals surface area contributed by atoms with Crippen molar-refractivity contribution in [2.24, 2.45) is 0 Å². The van der Waals surface area contributed by atoms with Gasteiger partial charge in [0.25, 0.3) is 10.0 Å². The molecule has 0 fully saturated rings. The van der Waals surface area contributed by atoms with E-state index in [1.165, 1.54) is 24.1 Å². The van der Waals surface area contributed by atoms with Crippen LogP contribution in [0.2, 0.25) is 0 Å². The number of carbonyl (C=O) groups excluding carboxylic acids is 2. The van der Waals surface area contributed by atoms with Crippen molar-refractivity contribution < 1.29 is 18.0 Å². The highest BCUT2D eigenvalue weighted by molar-refractivity contribution is 9.10. The average molecular weight is 558 g/mol. The van der Waals surface area contributed by atoms with Crippen molar-refractivity contribution in [3.8, 4) is 0 Å². The molecule has 0 unspecified atom stereocenters. The Morgan fingerprint density at radius 3 is 2.23 bits per heavy atom. The molecule has 0 aliphatic heterocycles. The zero-order valence-corrected chi connectivity index (χ0v) is 22.2. The fraction of sp³-hybridized carbons (Fsp3) is 0.231. The normalized spacial score (nSPS) is 12.0. The quantitative estimate of drug-likeness (QED) is 0.428. The number of anilines is 1. The van der Waals surface area contributed by atoms with Crippen LogP contribution in [0.15, 0.2) is 88.2 Å². The van der Waals surface area contributed by atoms with Crippen molar-refractivity contribution in [3.05, 3.63) is 94.5 Å². The number of likely N-dealkylation sites (N-methyl/N-ethyl adjacent to an activating group) is 1. The molecular weight excluding hydrogens is 530 g/mol. The number of halogens is 1. The van der Waals surface area contributed by atoms with Crippen LogP contribution in [0.3, 0.4) is 0 Å². The van der Waals surface area contributed by atoms with Crippen molar-refractivity contribution in [1.29, 1.82) is 0 Å². The molecule has 0 saturated heterocycles. The smallest absolute Gasteiger partial charge is 0.264 e. The summed E-state index contributed by atoms with van der Waals surface area (Å²) in [6.07, 6.45) is 0.